The number of ether oxygens (including phenoxy) is 1. The number of anilines is 1. The van der Waals surface area contributed by atoms with Gasteiger partial charge in [-0.05, 0) is 12.8 Å². The molecule has 4 heteroatoms. The van der Waals surface area contributed by atoms with Gasteiger partial charge >= 0.3 is 0 Å². The van der Waals surface area contributed by atoms with Crippen molar-refractivity contribution in [1.29, 1.82) is 0 Å². The van der Waals surface area contributed by atoms with Crippen LogP contribution in [-0.4, -0.2) is 35.3 Å². The first-order chi connectivity index (χ1) is 7.88. The lowest BCUT2D eigenvalue weighted by molar-refractivity contribution is -0.0503. The van der Waals surface area contributed by atoms with Gasteiger partial charge in [-0.15, -0.1) is 0 Å². The number of aromatic nitrogens is 2. The van der Waals surface area contributed by atoms with Gasteiger partial charge in [0, 0.05) is 25.5 Å². The van der Waals surface area contributed by atoms with Crippen LogP contribution in [-0.2, 0) is 4.74 Å². The monoisotopic (exact) mass is 219 g/mol. The van der Waals surface area contributed by atoms with E-state index in [2.05, 4.69) is 14.9 Å². The van der Waals surface area contributed by atoms with Crippen LogP contribution in [0, 0.1) is 0 Å². The van der Waals surface area contributed by atoms with E-state index in [-0.39, 0.29) is 5.60 Å². The minimum Gasteiger partial charge on any atom is -0.371 e. The Labute approximate surface area is 95.7 Å². The van der Waals surface area contributed by atoms with E-state index in [1.54, 1.807) is 12.4 Å². The highest BCUT2D eigenvalue weighted by atomic mass is 16.5. The molecule has 1 aliphatic heterocycles. The summed E-state index contributed by atoms with van der Waals surface area (Å²) in [7, 11) is 0. The predicted octanol–water partition coefficient (Wildman–Crippen LogP) is 1.63. The molecule has 4 nitrogen and oxygen atoms in total. The van der Waals surface area contributed by atoms with E-state index >= 15 is 0 Å². The first kappa shape index (κ1) is 10.0. The summed E-state index contributed by atoms with van der Waals surface area (Å²) in [6.45, 7) is 2.72. The Morgan fingerprint density at radius 3 is 2.88 bits per heavy atom. The van der Waals surface area contributed by atoms with Crippen molar-refractivity contribution in [3.8, 4) is 0 Å². The first-order valence-electron chi connectivity index (χ1n) is 6.03. The second-order valence-corrected chi connectivity index (χ2v) is 4.72. The lowest BCUT2D eigenvalue weighted by Gasteiger charge is -2.40. The van der Waals surface area contributed by atoms with Crippen molar-refractivity contribution in [2.24, 2.45) is 0 Å². The van der Waals surface area contributed by atoms with Crippen LogP contribution in [0.4, 0.5) is 5.82 Å². The van der Waals surface area contributed by atoms with Gasteiger partial charge in [-0.3, -0.25) is 4.98 Å². The Morgan fingerprint density at radius 2 is 2.12 bits per heavy atom. The third kappa shape index (κ3) is 1.78. The maximum absolute atomic E-state index is 5.99. The molecule has 1 saturated carbocycles. The molecule has 3 rings (SSSR count). The zero-order chi connectivity index (χ0) is 10.8. The second kappa shape index (κ2) is 4.01. The largest absolute Gasteiger partial charge is 0.371 e. The van der Waals surface area contributed by atoms with Gasteiger partial charge in [0.25, 0.3) is 0 Å². The molecular formula is C12H17N3O. The maximum atomic E-state index is 5.99. The summed E-state index contributed by atoms with van der Waals surface area (Å²) in [5.41, 5.74) is 0.107. The van der Waals surface area contributed by atoms with Crippen LogP contribution in [0.25, 0.3) is 0 Å². The Kier molecular flexibility index (Phi) is 2.52. The van der Waals surface area contributed by atoms with E-state index in [4.69, 9.17) is 4.74 Å². The minimum absolute atomic E-state index is 0.107. The molecule has 0 atom stereocenters. The summed E-state index contributed by atoms with van der Waals surface area (Å²) in [4.78, 5) is 10.8. The fourth-order valence-corrected chi connectivity index (χ4v) is 2.82. The summed E-state index contributed by atoms with van der Waals surface area (Å²) in [6.07, 6.45) is 10.3. The van der Waals surface area contributed by atoms with E-state index in [0.29, 0.717) is 0 Å². The molecule has 0 radical (unpaired) electrons. The molecular weight excluding hydrogens is 202 g/mol. The molecule has 0 bridgehead atoms. The molecule has 1 aromatic heterocycles. The molecule has 1 saturated heterocycles. The van der Waals surface area contributed by atoms with E-state index in [0.717, 1.165) is 25.5 Å². The van der Waals surface area contributed by atoms with E-state index in [1.807, 2.05) is 6.20 Å². The van der Waals surface area contributed by atoms with Crippen LogP contribution < -0.4 is 4.90 Å². The Morgan fingerprint density at radius 1 is 1.25 bits per heavy atom. The molecule has 2 fully saturated rings. The Bertz CT molecular complexity index is 349. The summed E-state index contributed by atoms with van der Waals surface area (Å²) >= 11 is 0. The molecule has 2 heterocycles. The molecule has 16 heavy (non-hydrogen) atoms. The fourth-order valence-electron chi connectivity index (χ4n) is 2.82. The minimum atomic E-state index is 0.107. The molecule has 1 aliphatic carbocycles. The Hall–Kier alpha value is -1.16. The van der Waals surface area contributed by atoms with Gasteiger partial charge in [-0.25, -0.2) is 4.98 Å². The maximum Gasteiger partial charge on any atom is 0.147 e. The lowest BCUT2D eigenvalue weighted by Crippen LogP contribution is -2.50. The quantitative estimate of drug-likeness (QED) is 0.719. The molecule has 1 spiro atoms. The van der Waals surface area contributed by atoms with E-state index in [9.17, 15) is 0 Å². The molecule has 0 unspecified atom stereocenters. The predicted molar refractivity (Wildman–Crippen MR) is 61.4 cm³/mol. The topological polar surface area (TPSA) is 38.2 Å². The van der Waals surface area contributed by atoms with Gasteiger partial charge in [-0.1, -0.05) is 12.8 Å². The highest BCUT2D eigenvalue weighted by Gasteiger charge is 2.39. The van der Waals surface area contributed by atoms with Crippen LogP contribution in [0.1, 0.15) is 25.7 Å². The number of morpholine rings is 1. The third-order valence-electron chi connectivity index (χ3n) is 3.64. The van der Waals surface area contributed by atoms with Crippen molar-refractivity contribution in [2.75, 3.05) is 24.6 Å². The van der Waals surface area contributed by atoms with Crippen molar-refractivity contribution >= 4 is 5.82 Å². The molecule has 86 valence electrons. The number of rotatable bonds is 1. The molecule has 2 aliphatic rings. The van der Waals surface area contributed by atoms with E-state index in [1.165, 1.54) is 25.7 Å². The highest BCUT2D eigenvalue weighted by Crippen LogP contribution is 2.36. The zero-order valence-corrected chi connectivity index (χ0v) is 9.43. The van der Waals surface area contributed by atoms with Crippen molar-refractivity contribution < 1.29 is 4.74 Å². The number of hydrogen-bond acceptors (Lipinski definition) is 4. The van der Waals surface area contributed by atoms with Gasteiger partial charge in [-0.2, -0.15) is 0 Å². The van der Waals surface area contributed by atoms with Crippen LogP contribution in [0.3, 0.4) is 0 Å². The van der Waals surface area contributed by atoms with Gasteiger partial charge < -0.3 is 9.64 Å². The fraction of sp³-hybridized carbons (Fsp3) is 0.667. The summed E-state index contributed by atoms with van der Waals surface area (Å²) in [6, 6.07) is 0. The van der Waals surface area contributed by atoms with Crippen LogP contribution >= 0.6 is 0 Å². The normalized spacial score (nSPS) is 23.9. The van der Waals surface area contributed by atoms with Crippen molar-refractivity contribution in [3.63, 3.8) is 0 Å². The standard InChI is InChI=1S/C12H17N3O/c1-2-4-12(3-1)10-15(7-8-16-12)11-9-13-5-6-14-11/h5-6,9H,1-4,7-8,10H2. The highest BCUT2D eigenvalue weighted by molar-refractivity contribution is 5.36. The zero-order valence-electron chi connectivity index (χ0n) is 9.43. The van der Waals surface area contributed by atoms with Crippen LogP contribution in [0.2, 0.25) is 0 Å². The molecule has 1 aromatic rings. The summed E-state index contributed by atoms with van der Waals surface area (Å²) in [5.74, 6) is 0.983. The molecule has 0 aromatic carbocycles. The average Bonchev–Trinajstić information content (AvgIpc) is 2.78. The van der Waals surface area contributed by atoms with E-state index < -0.39 is 0 Å². The molecule has 0 amide bonds. The van der Waals surface area contributed by atoms with Gasteiger partial charge in [0.1, 0.15) is 5.82 Å². The third-order valence-corrected chi connectivity index (χ3v) is 3.64. The molecule has 0 N–H and O–H groups in total. The van der Waals surface area contributed by atoms with Crippen LogP contribution in [0.15, 0.2) is 18.6 Å². The van der Waals surface area contributed by atoms with Gasteiger partial charge in [0.15, 0.2) is 0 Å². The van der Waals surface area contributed by atoms with Gasteiger partial charge in [0.2, 0.25) is 0 Å². The van der Waals surface area contributed by atoms with Crippen molar-refractivity contribution in [1.82, 2.24) is 9.97 Å². The first-order valence-corrected chi connectivity index (χ1v) is 6.03. The number of nitrogens with zero attached hydrogens (tertiary/aromatic N) is 3. The Balaban J connectivity index is 1.77. The SMILES string of the molecule is c1cnc(N2CCOC3(CCCC3)C2)cn1. The summed E-state index contributed by atoms with van der Waals surface area (Å²) < 4.78 is 5.99. The lowest BCUT2D eigenvalue weighted by atomic mass is 10.00. The number of hydrogen-bond donors (Lipinski definition) is 0. The van der Waals surface area contributed by atoms with Gasteiger partial charge in [0.05, 0.1) is 18.4 Å². The van der Waals surface area contributed by atoms with Crippen LogP contribution in [0.5, 0.6) is 0 Å². The summed E-state index contributed by atoms with van der Waals surface area (Å²) in [5, 5.41) is 0. The second-order valence-electron chi connectivity index (χ2n) is 4.72. The van der Waals surface area contributed by atoms with Crippen molar-refractivity contribution in [2.45, 2.75) is 31.3 Å². The van der Waals surface area contributed by atoms with Crippen molar-refractivity contribution in [3.05, 3.63) is 18.6 Å². The average molecular weight is 219 g/mol. The smallest absolute Gasteiger partial charge is 0.147 e.